The standard InChI is InChI=1S/C19H14F2N4O3/c20-15-5-6-16(21)14-10-24(8-7-13(14)15)19(26)18-9-17(22-23-18)11-1-3-12(4-2-11)25(27)28/h1-6,9H,7-8,10H2,(H,22,23). The zero-order valence-electron chi connectivity index (χ0n) is 14.5. The molecular weight excluding hydrogens is 370 g/mol. The summed E-state index contributed by atoms with van der Waals surface area (Å²) in [6.45, 7) is 0.238. The van der Waals surface area contributed by atoms with Gasteiger partial charge in [-0.05, 0) is 42.3 Å². The highest BCUT2D eigenvalue weighted by Crippen LogP contribution is 2.26. The van der Waals surface area contributed by atoms with Crippen LogP contribution in [-0.2, 0) is 13.0 Å². The zero-order valence-corrected chi connectivity index (χ0v) is 14.5. The molecule has 0 bridgehead atoms. The minimum atomic E-state index is -0.537. The molecule has 0 fully saturated rings. The second-order valence-electron chi connectivity index (χ2n) is 6.43. The molecule has 0 unspecified atom stereocenters. The van der Waals surface area contributed by atoms with Gasteiger partial charge in [-0.3, -0.25) is 20.0 Å². The molecule has 0 saturated carbocycles. The van der Waals surface area contributed by atoms with Crippen molar-refractivity contribution in [3.05, 3.63) is 81.0 Å². The minimum Gasteiger partial charge on any atom is -0.333 e. The number of aromatic nitrogens is 2. The molecule has 1 N–H and O–H groups in total. The van der Waals surface area contributed by atoms with Crippen LogP contribution in [0.4, 0.5) is 14.5 Å². The number of fused-ring (bicyclic) bond motifs is 1. The van der Waals surface area contributed by atoms with Gasteiger partial charge in [0.2, 0.25) is 0 Å². The van der Waals surface area contributed by atoms with Gasteiger partial charge in [-0.15, -0.1) is 0 Å². The van der Waals surface area contributed by atoms with E-state index in [1.165, 1.54) is 35.2 Å². The molecule has 0 radical (unpaired) electrons. The van der Waals surface area contributed by atoms with Crippen molar-refractivity contribution in [2.75, 3.05) is 6.54 Å². The molecule has 0 spiro atoms. The van der Waals surface area contributed by atoms with E-state index in [0.717, 1.165) is 12.1 Å². The molecule has 0 aliphatic carbocycles. The number of non-ortho nitro benzene ring substituents is 1. The Morgan fingerprint density at radius 2 is 1.79 bits per heavy atom. The molecule has 0 saturated heterocycles. The van der Waals surface area contributed by atoms with Crippen molar-refractivity contribution in [1.29, 1.82) is 0 Å². The molecule has 9 heteroatoms. The lowest BCUT2D eigenvalue weighted by atomic mass is 9.98. The Morgan fingerprint density at radius 3 is 2.46 bits per heavy atom. The van der Waals surface area contributed by atoms with Crippen molar-refractivity contribution in [3.63, 3.8) is 0 Å². The SMILES string of the molecule is O=C(c1cc(-c2ccc([N+](=O)[O-])cc2)n[nH]1)N1CCc2c(F)ccc(F)c2C1. The van der Waals surface area contributed by atoms with E-state index < -0.39 is 16.6 Å². The summed E-state index contributed by atoms with van der Waals surface area (Å²) in [5, 5.41) is 17.5. The molecule has 4 rings (SSSR count). The third kappa shape index (κ3) is 3.11. The molecule has 28 heavy (non-hydrogen) atoms. The summed E-state index contributed by atoms with van der Waals surface area (Å²) in [6.07, 6.45) is 0.230. The van der Waals surface area contributed by atoms with Gasteiger partial charge in [0.05, 0.1) is 10.6 Å². The summed E-state index contributed by atoms with van der Waals surface area (Å²) in [5.41, 5.74) is 1.71. The maximum atomic E-state index is 14.0. The van der Waals surface area contributed by atoms with Gasteiger partial charge in [0.25, 0.3) is 11.6 Å². The van der Waals surface area contributed by atoms with Crippen LogP contribution in [0, 0.1) is 21.7 Å². The molecular formula is C19H14F2N4O3. The molecule has 0 atom stereocenters. The summed E-state index contributed by atoms with van der Waals surface area (Å²) in [6, 6.07) is 9.47. The van der Waals surface area contributed by atoms with Crippen LogP contribution >= 0.6 is 0 Å². The topological polar surface area (TPSA) is 92.1 Å². The largest absolute Gasteiger partial charge is 0.333 e. The number of nitro benzene ring substituents is 1. The van der Waals surface area contributed by atoms with E-state index in [9.17, 15) is 23.7 Å². The first-order valence-electron chi connectivity index (χ1n) is 8.49. The molecule has 2 heterocycles. The van der Waals surface area contributed by atoms with Gasteiger partial charge in [0, 0.05) is 36.3 Å². The molecule has 142 valence electrons. The Bertz CT molecular complexity index is 1080. The number of nitro groups is 1. The van der Waals surface area contributed by atoms with Crippen LogP contribution in [0.15, 0.2) is 42.5 Å². The maximum Gasteiger partial charge on any atom is 0.272 e. The third-order valence-electron chi connectivity index (χ3n) is 4.77. The van der Waals surface area contributed by atoms with Crippen molar-refractivity contribution in [1.82, 2.24) is 15.1 Å². The number of amides is 1. The van der Waals surface area contributed by atoms with Crippen molar-refractivity contribution in [2.45, 2.75) is 13.0 Å². The lowest BCUT2D eigenvalue weighted by Crippen LogP contribution is -2.37. The first-order valence-corrected chi connectivity index (χ1v) is 8.49. The Morgan fingerprint density at radius 1 is 1.11 bits per heavy atom. The average molecular weight is 384 g/mol. The quantitative estimate of drug-likeness (QED) is 0.553. The van der Waals surface area contributed by atoms with Gasteiger partial charge in [-0.1, -0.05) is 0 Å². The summed E-state index contributed by atoms with van der Waals surface area (Å²) in [5.74, 6) is -1.38. The molecule has 1 amide bonds. The van der Waals surface area contributed by atoms with E-state index in [-0.39, 0.29) is 42.4 Å². The van der Waals surface area contributed by atoms with Crippen molar-refractivity contribution in [2.24, 2.45) is 0 Å². The highest BCUT2D eigenvalue weighted by molar-refractivity contribution is 5.93. The molecule has 1 aliphatic heterocycles. The fraction of sp³-hybridized carbons (Fsp3) is 0.158. The normalized spacial score (nSPS) is 13.3. The van der Waals surface area contributed by atoms with E-state index in [1.807, 2.05) is 0 Å². The second kappa shape index (κ2) is 6.84. The summed E-state index contributed by atoms with van der Waals surface area (Å²) in [4.78, 5) is 24.4. The lowest BCUT2D eigenvalue weighted by molar-refractivity contribution is -0.384. The Labute approximate surface area is 157 Å². The van der Waals surface area contributed by atoms with Gasteiger partial charge in [-0.2, -0.15) is 5.10 Å². The Kier molecular flexibility index (Phi) is 4.34. The molecule has 7 nitrogen and oxygen atoms in total. The minimum absolute atomic E-state index is 0.0242. The number of benzene rings is 2. The van der Waals surface area contributed by atoms with Crippen LogP contribution in [0.5, 0.6) is 0 Å². The van der Waals surface area contributed by atoms with Crippen LogP contribution in [-0.4, -0.2) is 32.5 Å². The number of hydrogen-bond donors (Lipinski definition) is 1. The fourth-order valence-electron chi connectivity index (χ4n) is 3.27. The lowest BCUT2D eigenvalue weighted by Gasteiger charge is -2.28. The first-order chi connectivity index (χ1) is 13.4. The third-order valence-corrected chi connectivity index (χ3v) is 4.77. The number of carbonyl (C=O) groups is 1. The van der Waals surface area contributed by atoms with Crippen LogP contribution in [0.3, 0.4) is 0 Å². The summed E-state index contributed by atoms with van der Waals surface area (Å²) < 4.78 is 27.9. The number of halogens is 2. The predicted octanol–water partition coefficient (Wildman–Crippen LogP) is 3.46. The van der Waals surface area contributed by atoms with Gasteiger partial charge in [-0.25, -0.2) is 8.78 Å². The number of nitrogens with zero attached hydrogens (tertiary/aromatic N) is 3. The van der Waals surface area contributed by atoms with Crippen LogP contribution < -0.4 is 0 Å². The average Bonchev–Trinajstić information content (AvgIpc) is 3.20. The predicted molar refractivity (Wildman–Crippen MR) is 95.5 cm³/mol. The van der Waals surface area contributed by atoms with Crippen molar-refractivity contribution < 1.29 is 18.5 Å². The number of H-pyrrole nitrogens is 1. The van der Waals surface area contributed by atoms with Crippen LogP contribution in [0.2, 0.25) is 0 Å². The molecule has 3 aromatic rings. The van der Waals surface area contributed by atoms with E-state index in [0.29, 0.717) is 16.8 Å². The maximum absolute atomic E-state index is 14.0. The highest BCUT2D eigenvalue weighted by Gasteiger charge is 2.27. The summed E-state index contributed by atoms with van der Waals surface area (Å²) in [7, 11) is 0. The number of carbonyl (C=O) groups excluding carboxylic acids is 1. The fourth-order valence-corrected chi connectivity index (χ4v) is 3.27. The second-order valence-corrected chi connectivity index (χ2v) is 6.43. The van der Waals surface area contributed by atoms with Crippen molar-refractivity contribution >= 4 is 11.6 Å². The number of nitrogens with one attached hydrogen (secondary N) is 1. The van der Waals surface area contributed by atoms with Crippen molar-refractivity contribution in [3.8, 4) is 11.3 Å². The van der Waals surface area contributed by atoms with E-state index >= 15 is 0 Å². The smallest absolute Gasteiger partial charge is 0.272 e. The number of hydrogen-bond acceptors (Lipinski definition) is 4. The Balaban J connectivity index is 1.55. The first kappa shape index (κ1) is 17.8. The monoisotopic (exact) mass is 384 g/mol. The van der Waals surface area contributed by atoms with Gasteiger partial charge < -0.3 is 4.90 Å². The van der Waals surface area contributed by atoms with Crippen LogP contribution in [0.1, 0.15) is 21.6 Å². The zero-order chi connectivity index (χ0) is 19.8. The Hall–Kier alpha value is -3.62. The number of aromatic amines is 1. The van der Waals surface area contributed by atoms with Gasteiger partial charge in [0.15, 0.2) is 0 Å². The van der Waals surface area contributed by atoms with E-state index in [1.54, 1.807) is 0 Å². The molecule has 1 aliphatic rings. The van der Waals surface area contributed by atoms with Gasteiger partial charge in [0.1, 0.15) is 17.3 Å². The molecule has 2 aromatic carbocycles. The molecule has 1 aromatic heterocycles. The highest BCUT2D eigenvalue weighted by atomic mass is 19.1. The van der Waals surface area contributed by atoms with Gasteiger partial charge >= 0.3 is 0 Å². The van der Waals surface area contributed by atoms with Crippen LogP contribution in [0.25, 0.3) is 11.3 Å². The van der Waals surface area contributed by atoms with E-state index in [2.05, 4.69) is 10.2 Å². The van der Waals surface area contributed by atoms with E-state index in [4.69, 9.17) is 0 Å². The number of rotatable bonds is 3. The summed E-state index contributed by atoms with van der Waals surface area (Å²) >= 11 is 0.